The van der Waals surface area contributed by atoms with Gasteiger partial charge in [-0.25, -0.2) is 9.59 Å². The molecule has 0 aromatic heterocycles. The minimum absolute atomic E-state index is 0.0186. The van der Waals surface area contributed by atoms with E-state index in [1.807, 2.05) is 13.8 Å². The SMILES string of the molecule is CC(C)C[C@H](NC(=O)OC(C)(C)C)C(=O)NC(C)C(=O)N[C@@H](COC(F)F)C(=O)OCc1ccccc1.COC(F)F. The first-order chi connectivity index (χ1) is 19.4. The summed E-state index contributed by atoms with van der Waals surface area (Å²) in [5.41, 5.74) is -0.120. The molecule has 42 heavy (non-hydrogen) atoms. The summed E-state index contributed by atoms with van der Waals surface area (Å²) < 4.78 is 64.2. The van der Waals surface area contributed by atoms with Crippen molar-refractivity contribution in [3.63, 3.8) is 0 Å². The number of alkyl carbamates (subject to hydrolysis) is 1. The van der Waals surface area contributed by atoms with E-state index in [1.165, 1.54) is 6.92 Å². The second-order valence-corrected chi connectivity index (χ2v) is 10.3. The molecule has 11 nitrogen and oxygen atoms in total. The minimum atomic E-state index is -3.17. The Morgan fingerprint density at radius 3 is 1.88 bits per heavy atom. The first-order valence-electron chi connectivity index (χ1n) is 13.0. The summed E-state index contributed by atoms with van der Waals surface area (Å²) in [6, 6.07) is 4.91. The van der Waals surface area contributed by atoms with Crippen LogP contribution in [-0.2, 0) is 39.9 Å². The molecule has 3 amide bonds. The van der Waals surface area contributed by atoms with Gasteiger partial charge in [-0.2, -0.15) is 17.6 Å². The molecule has 3 atom stereocenters. The number of benzene rings is 1. The molecule has 0 heterocycles. The number of ether oxygens (including phenoxy) is 4. The Morgan fingerprint density at radius 1 is 0.833 bits per heavy atom. The molecular weight excluding hydrogens is 570 g/mol. The molecule has 0 saturated carbocycles. The van der Waals surface area contributed by atoms with Crippen LogP contribution in [0.3, 0.4) is 0 Å². The zero-order chi connectivity index (χ0) is 32.5. The number of esters is 1. The van der Waals surface area contributed by atoms with Crippen molar-refractivity contribution in [1.29, 1.82) is 0 Å². The Balaban J connectivity index is 0.00000308. The second kappa shape index (κ2) is 19.6. The maximum Gasteiger partial charge on any atom is 0.408 e. The minimum Gasteiger partial charge on any atom is -0.459 e. The van der Waals surface area contributed by atoms with Crippen molar-refractivity contribution in [3.8, 4) is 0 Å². The number of carbonyl (C=O) groups excluding carboxylic acids is 4. The summed E-state index contributed by atoms with van der Waals surface area (Å²) >= 11 is 0. The first kappa shape index (κ1) is 38.5. The van der Waals surface area contributed by atoms with Crippen LogP contribution in [0, 0.1) is 5.92 Å². The zero-order valence-corrected chi connectivity index (χ0v) is 24.8. The number of nitrogens with one attached hydrogen (secondary N) is 3. The molecule has 0 fully saturated rings. The van der Waals surface area contributed by atoms with E-state index in [0.29, 0.717) is 5.56 Å². The van der Waals surface area contributed by atoms with Gasteiger partial charge in [0.2, 0.25) is 11.8 Å². The number of methoxy groups -OCH3 is 1. The van der Waals surface area contributed by atoms with Gasteiger partial charge in [0.25, 0.3) is 0 Å². The third-order valence-electron chi connectivity index (χ3n) is 4.86. The highest BCUT2D eigenvalue weighted by Crippen LogP contribution is 2.10. The molecule has 1 aromatic carbocycles. The average Bonchev–Trinajstić information content (AvgIpc) is 2.88. The summed E-state index contributed by atoms with van der Waals surface area (Å²) in [5.74, 6) is -2.46. The van der Waals surface area contributed by atoms with Gasteiger partial charge in [0.1, 0.15) is 24.3 Å². The molecule has 0 aliphatic rings. The normalized spacial score (nSPS) is 13.4. The summed E-state index contributed by atoms with van der Waals surface area (Å²) in [7, 11) is 0.949. The van der Waals surface area contributed by atoms with Crippen LogP contribution in [0.2, 0.25) is 0 Å². The first-order valence-corrected chi connectivity index (χ1v) is 13.0. The number of amides is 3. The van der Waals surface area contributed by atoms with Crippen molar-refractivity contribution in [1.82, 2.24) is 16.0 Å². The highest BCUT2D eigenvalue weighted by Gasteiger charge is 2.30. The quantitative estimate of drug-likeness (QED) is 0.213. The molecule has 1 unspecified atom stereocenters. The van der Waals surface area contributed by atoms with E-state index in [2.05, 4.69) is 25.4 Å². The van der Waals surface area contributed by atoms with Crippen molar-refractivity contribution < 1.29 is 55.7 Å². The molecule has 0 aliphatic carbocycles. The molecule has 15 heteroatoms. The topological polar surface area (TPSA) is 141 Å². The molecule has 1 aromatic rings. The Morgan fingerprint density at radius 2 is 1.40 bits per heavy atom. The molecule has 0 saturated heterocycles. The van der Waals surface area contributed by atoms with Gasteiger partial charge in [-0.05, 0) is 45.6 Å². The molecule has 0 aliphatic heterocycles. The maximum absolute atomic E-state index is 12.8. The summed E-state index contributed by atoms with van der Waals surface area (Å²) in [6.45, 7) is 3.30. The van der Waals surface area contributed by atoms with Gasteiger partial charge >= 0.3 is 25.3 Å². The van der Waals surface area contributed by atoms with E-state index in [0.717, 1.165) is 7.11 Å². The number of hydrogen-bond donors (Lipinski definition) is 3. The van der Waals surface area contributed by atoms with Crippen molar-refractivity contribution in [3.05, 3.63) is 35.9 Å². The maximum atomic E-state index is 12.8. The lowest BCUT2D eigenvalue weighted by Crippen LogP contribution is -2.56. The van der Waals surface area contributed by atoms with E-state index in [9.17, 15) is 36.7 Å². The van der Waals surface area contributed by atoms with Gasteiger partial charge in [0, 0.05) is 7.11 Å². The van der Waals surface area contributed by atoms with Crippen LogP contribution in [0.25, 0.3) is 0 Å². The fourth-order valence-electron chi connectivity index (χ4n) is 3.00. The lowest BCUT2D eigenvalue weighted by Gasteiger charge is -2.25. The van der Waals surface area contributed by atoms with Gasteiger partial charge in [0.15, 0.2) is 6.04 Å². The van der Waals surface area contributed by atoms with Crippen molar-refractivity contribution in [2.24, 2.45) is 5.92 Å². The molecule has 0 spiro atoms. The van der Waals surface area contributed by atoms with E-state index < -0.39 is 67.4 Å². The zero-order valence-electron chi connectivity index (χ0n) is 24.8. The largest absolute Gasteiger partial charge is 0.459 e. The van der Waals surface area contributed by atoms with Crippen LogP contribution in [0.1, 0.15) is 53.5 Å². The van der Waals surface area contributed by atoms with E-state index in [-0.39, 0.29) is 18.9 Å². The van der Waals surface area contributed by atoms with Crippen LogP contribution >= 0.6 is 0 Å². The van der Waals surface area contributed by atoms with Gasteiger partial charge in [-0.1, -0.05) is 44.2 Å². The molecule has 240 valence electrons. The highest BCUT2D eigenvalue weighted by atomic mass is 19.3. The summed E-state index contributed by atoms with van der Waals surface area (Å²) in [4.78, 5) is 50.1. The van der Waals surface area contributed by atoms with E-state index >= 15 is 0 Å². The number of alkyl halides is 4. The summed E-state index contributed by atoms with van der Waals surface area (Å²) in [5, 5.41) is 7.22. The summed E-state index contributed by atoms with van der Waals surface area (Å²) in [6.07, 6.45) is -0.536. The lowest BCUT2D eigenvalue weighted by molar-refractivity contribution is -0.161. The number of hydrogen-bond acceptors (Lipinski definition) is 8. The Bertz CT molecular complexity index is 962. The molecular formula is C27H41F4N3O8. The molecule has 0 bridgehead atoms. The number of halogens is 4. The monoisotopic (exact) mass is 611 g/mol. The average molecular weight is 612 g/mol. The highest BCUT2D eigenvalue weighted by molar-refractivity contribution is 5.92. The predicted molar refractivity (Wildman–Crippen MR) is 143 cm³/mol. The van der Waals surface area contributed by atoms with Crippen LogP contribution in [0.15, 0.2) is 30.3 Å². The van der Waals surface area contributed by atoms with Gasteiger partial charge in [0.05, 0.1) is 6.61 Å². The fourth-order valence-corrected chi connectivity index (χ4v) is 3.00. The van der Waals surface area contributed by atoms with Crippen LogP contribution in [0.5, 0.6) is 0 Å². The fraction of sp³-hybridized carbons (Fsp3) is 0.630. The standard InChI is InChI=1S/C25H37F2N3O7.C2H4F2O/c1-15(2)12-18(30-24(34)37-25(4,5)6)21(32)28-16(3)20(31)29-19(14-36-23(26)27)22(33)35-13-17-10-8-7-9-11-17;1-5-2(3)4/h7-11,15-16,18-19,23H,12-14H2,1-6H3,(H,28,32)(H,29,31)(H,30,34);2H,1H3/t16?,18-,19-;/m0./s1. The van der Waals surface area contributed by atoms with Crippen molar-refractivity contribution in [2.75, 3.05) is 13.7 Å². The van der Waals surface area contributed by atoms with Gasteiger partial charge < -0.3 is 34.9 Å². The molecule has 1 rings (SSSR count). The smallest absolute Gasteiger partial charge is 0.408 e. The number of carbonyl (C=O) groups is 4. The second-order valence-electron chi connectivity index (χ2n) is 10.3. The van der Waals surface area contributed by atoms with Gasteiger partial charge in [-0.15, -0.1) is 0 Å². The lowest BCUT2D eigenvalue weighted by atomic mass is 10.0. The number of rotatable bonds is 14. The van der Waals surface area contributed by atoms with Crippen LogP contribution in [-0.4, -0.2) is 74.5 Å². The predicted octanol–water partition coefficient (Wildman–Crippen LogP) is 3.75. The van der Waals surface area contributed by atoms with Crippen LogP contribution < -0.4 is 16.0 Å². The van der Waals surface area contributed by atoms with E-state index in [4.69, 9.17) is 9.47 Å². The third-order valence-corrected chi connectivity index (χ3v) is 4.86. The molecule has 0 radical (unpaired) electrons. The van der Waals surface area contributed by atoms with Gasteiger partial charge in [-0.3, -0.25) is 9.59 Å². The van der Waals surface area contributed by atoms with Crippen molar-refractivity contribution >= 4 is 23.9 Å². The Labute approximate surface area is 243 Å². The van der Waals surface area contributed by atoms with E-state index in [1.54, 1.807) is 51.1 Å². The third kappa shape index (κ3) is 18.8. The molecule has 3 N–H and O–H groups in total. The Kier molecular flexibility index (Phi) is 18.0. The van der Waals surface area contributed by atoms with Crippen molar-refractivity contribution in [2.45, 2.75) is 91.5 Å². The Hall–Kier alpha value is -3.46. The van der Waals surface area contributed by atoms with Crippen LogP contribution in [0.4, 0.5) is 22.4 Å².